The van der Waals surface area contributed by atoms with Crippen LogP contribution in [0.2, 0.25) is 0 Å². The number of unbranched alkanes of at least 4 members (excludes halogenated alkanes) is 10. The van der Waals surface area contributed by atoms with Crippen molar-refractivity contribution in [1.29, 1.82) is 0 Å². The van der Waals surface area contributed by atoms with Crippen LogP contribution >= 0.6 is 0 Å². The first-order chi connectivity index (χ1) is 10.8. The van der Waals surface area contributed by atoms with Crippen LogP contribution in [-0.2, 0) is 19.6 Å². The number of carbonyl (C=O) groups excluding carboxylic acids is 1. The molecule has 0 aliphatic heterocycles. The van der Waals surface area contributed by atoms with Crippen molar-refractivity contribution in [3.8, 4) is 0 Å². The minimum absolute atomic E-state index is 0.312. The lowest BCUT2D eigenvalue weighted by atomic mass is 10.1. The van der Waals surface area contributed by atoms with Gasteiger partial charge in [0.15, 0.2) is 0 Å². The number of carbonyl (C=O) groups is 1. The Labute approximate surface area is 141 Å². The largest absolute Gasteiger partial charge is 0.461 e. The molecule has 0 amide bonds. The summed E-state index contributed by atoms with van der Waals surface area (Å²) in [6.45, 7) is 3.69. The summed E-state index contributed by atoms with van der Waals surface area (Å²) in [5, 5.41) is 0. The summed E-state index contributed by atoms with van der Waals surface area (Å²) in [5.41, 5.74) is 0. The lowest BCUT2D eigenvalue weighted by molar-refractivity contribution is -0.147. The molecular weight excluding hydrogens is 316 g/mol. The van der Waals surface area contributed by atoms with Crippen molar-refractivity contribution in [3.05, 3.63) is 0 Å². The van der Waals surface area contributed by atoms with Crippen LogP contribution in [0.4, 0.5) is 0 Å². The average molecular weight is 351 g/mol. The van der Waals surface area contributed by atoms with E-state index in [1.165, 1.54) is 58.3 Å². The van der Waals surface area contributed by atoms with Crippen molar-refractivity contribution < 1.29 is 22.5 Å². The molecule has 0 aromatic rings. The molecule has 0 radical (unpaired) electrons. The van der Waals surface area contributed by atoms with Gasteiger partial charge in [0.25, 0.3) is 10.1 Å². The summed E-state index contributed by atoms with van der Waals surface area (Å²) in [7, 11) is -4.09. The minimum Gasteiger partial charge on any atom is -0.461 e. The van der Waals surface area contributed by atoms with Gasteiger partial charge in [0.1, 0.15) is 11.9 Å². The number of ether oxygens (including phenoxy) is 1. The zero-order chi connectivity index (χ0) is 17.6. The maximum absolute atomic E-state index is 11.5. The maximum Gasteiger partial charge on any atom is 0.306 e. The summed E-state index contributed by atoms with van der Waals surface area (Å²) >= 11 is 0. The van der Waals surface area contributed by atoms with E-state index in [0.717, 1.165) is 19.3 Å². The smallest absolute Gasteiger partial charge is 0.306 e. The highest BCUT2D eigenvalue weighted by Gasteiger charge is 2.16. The van der Waals surface area contributed by atoms with E-state index in [4.69, 9.17) is 9.29 Å². The van der Waals surface area contributed by atoms with Crippen LogP contribution in [0.3, 0.4) is 0 Å². The number of hydrogen-bond acceptors (Lipinski definition) is 4. The van der Waals surface area contributed by atoms with Crippen molar-refractivity contribution >= 4 is 16.1 Å². The standard InChI is InChI=1S/C17H34O5S/c1-3-4-5-6-7-8-9-10-11-12-13-14-17(18)22-16(2)15-23(19,20)21/h16H,3-15H2,1-2H3,(H,19,20,21). The number of hydrogen-bond donors (Lipinski definition) is 1. The van der Waals surface area contributed by atoms with E-state index in [2.05, 4.69) is 6.92 Å². The third-order valence-corrected chi connectivity index (χ3v) is 4.65. The molecule has 0 aliphatic carbocycles. The Balaban J connectivity index is 3.39. The minimum atomic E-state index is -4.09. The van der Waals surface area contributed by atoms with Crippen LogP contribution < -0.4 is 0 Å². The molecule has 0 rings (SSSR count). The Bertz CT molecular complexity index is 392. The molecule has 138 valence electrons. The Hall–Kier alpha value is -0.620. The van der Waals surface area contributed by atoms with E-state index >= 15 is 0 Å². The predicted octanol–water partition coefficient (Wildman–Crippen LogP) is 4.51. The molecule has 0 saturated heterocycles. The molecule has 6 heteroatoms. The first-order valence-electron chi connectivity index (χ1n) is 8.99. The first-order valence-corrected chi connectivity index (χ1v) is 10.6. The monoisotopic (exact) mass is 350 g/mol. The predicted molar refractivity (Wildman–Crippen MR) is 93.0 cm³/mol. The van der Waals surface area contributed by atoms with Gasteiger partial charge in [0, 0.05) is 6.42 Å². The van der Waals surface area contributed by atoms with Gasteiger partial charge in [-0.3, -0.25) is 9.35 Å². The molecule has 0 spiro atoms. The van der Waals surface area contributed by atoms with Gasteiger partial charge in [-0.2, -0.15) is 8.42 Å². The fraction of sp³-hybridized carbons (Fsp3) is 0.941. The van der Waals surface area contributed by atoms with Gasteiger partial charge in [0.05, 0.1) is 0 Å². The van der Waals surface area contributed by atoms with Crippen molar-refractivity contribution in [3.63, 3.8) is 0 Å². The van der Waals surface area contributed by atoms with Crippen molar-refractivity contribution in [1.82, 2.24) is 0 Å². The summed E-state index contributed by atoms with van der Waals surface area (Å²) in [6, 6.07) is 0. The molecule has 0 aromatic heterocycles. The Morgan fingerprint density at radius 3 is 1.78 bits per heavy atom. The van der Waals surface area contributed by atoms with Gasteiger partial charge in [-0.1, -0.05) is 71.1 Å². The van der Waals surface area contributed by atoms with Crippen LogP contribution in [0.15, 0.2) is 0 Å². The Morgan fingerprint density at radius 2 is 1.35 bits per heavy atom. The van der Waals surface area contributed by atoms with E-state index in [0.29, 0.717) is 6.42 Å². The Morgan fingerprint density at radius 1 is 0.913 bits per heavy atom. The highest BCUT2D eigenvalue weighted by atomic mass is 32.2. The summed E-state index contributed by atoms with van der Waals surface area (Å²) in [5.74, 6) is -0.936. The van der Waals surface area contributed by atoms with E-state index in [1.807, 2.05) is 0 Å². The van der Waals surface area contributed by atoms with E-state index in [9.17, 15) is 13.2 Å². The molecule has 0 saturated carbocycles. The molecule has 5 nitrogen and oxygen atoms in total. The zero-order valence-electron chi connectivity index (χ0n) is 14.8. The lowest BCUT2D eigenvalue weighted by Gasteiger charge is -2.11. The summed E-state index contributed by atoms with van der Waals surface area (Å²) in [6.07, 6.45) is 12.9. The normalized spacial score (nSPS) is 13.0. The molecule has 0 fully saturated rings. The highest BCUT2D eigenvalue weighted by Crippen LogP contribution is 2.12. The molecule has 0 bridgehead atoms. The van der Waals surface area contributed by atoms with Gasteiger partial charge in [-0.15, -0.1) is 0 Å². The third kappa shape index (κ3) is 17.6. The first kappa shape index (κ1) is 22.4. The van der Waals surface area contributed by atoms with Gasteiger partial charge < -0.3 is 4.74 Å². The molecule has 1 atom stereocenters. The van der Waals surface area contributed by atoms with Crippen LogP contribution in [-0.4, -0.2) is 30.8 Å². The van der Waals surface area contributed by atoms with E-state index in [-0.39, 0.29) is 0 Å². The van der Waals surface area contributed by atoms with Gasteiger partial charge in [-0.05, 0) is 13.3 Å². The van der Waals surface area contributed by atoms with Crippen LogP contribution in [0.5, 0.6) is 0 Å². The molecule has 1 N–H and O–H groups in total. The summed E-state index contributed by atoms with van der Waals surface area (Å²) in [4.78, 5) is 11.5. The van der Waals surface area contributed by atoms with Gasteiger partial charge in [0.2, 0.25) is 0 Å². The molecule has 0 aromatic carbocycles. The van der Waals surface area contributed by atoms with Crippen molar-refractivity contribution in [2.24, 2.45) is 0 Å². The third-order valence-electron chi connectivity index (χ3n) is 3.76. The topological polar surface area (TPSA) is 80.7 Å². The lowest BCUT2D eigenvalue weighted by Crippen LogP contribution is -2.23. The second kappa shape index (κ2) is 13.8. The van der Waals surface area contributed by atoms with Crippen LogP contribution in [0.25, 0.3) is 0 Å². The Kier molecular flexibility index (Phi) is 13.4. The molecule has 1 unspecified atom stereocenters. The number of esters is 1. The summed E-state index contributed by atoms with van der Waals surface area (Å²) < 4.78 is 34.9. The van der Waals surface area contributed by atoms with Gasteiger partial charge in [-0.25, -0.2) is 0 Å². The molecular formula is C17H34O5S. The van der Waals surface area contributed by atoms with E-state index in [1.54, 1.807) is 0 Å². The van der Waals surface area contributed by atoms with Crippen molar-refractivity contribution in [2.45, 2.75) is 97.0 Å². The molecule has 0 aliphatic rings. The van der Waals surface area contributed by atoms with Gasteiger partial charge >= 0.3 is 5.97 Å². The highest BCUT2D eigenvalue weighted by molar-refractivity contribution is 7.85. The number of rotatable bonds is 15. The SMILES string of the molecule is CCCCCCCCCCCCCC(=O)OC(C)CS(=O)(=O)O. The second-order valence-electron chi connectivity index (χ2n) is 6.33. The second-order valence-corrected chi connectivity index (χ2v) is 7.83. The fourth-order valence-electron chi connectivity index (χ4n) is 2.55. The molecule has 0 heterocycles. The quantitative estimate of drug-likeness (QED) is 0.267. The van der Waals surface area contributed by atoms with Crippen LogP contribution in [0.1, 0.15) is 90.9 Å². The maximum atomic E-state index is 11.5. The molecule has 23 heavy (non-hydrogen) atoms. The van der Waals surface area contributed by atoms with Crippen LogP contribution in [0, 0.1) is 0 Å². The fourth-order valence-corrected chi connectivity index (χ4v) is 3.21. The van der Waals surface area contributed by atoms with E-state index < -0.39 is 27.9 Å². The van der Waals surface area contributed by atoms with Crippen molar-refractivity contribution in [2.75, 3.05) is 5.75 Å². The zero-order valence-corrected chi connectivity index (χ0v) is 15.6. The average Bonchev–Trinajstić information content (AvgIpc) is 2.42.